The lowest BCUT2D eigenvalue weighted by Gasteiger charge is -2.35. The third kappa shape index (κ3) is 7.00. The number of ketones is 1. The van der Waals surface area contributed by atoms with Crippen LogP contribution in [0.1, 0.15) is 54.8 Å². The lowest BCUT2D eigenvalue weighted by Crippen LogP contribution is -2.36. The number of rotatable bonds is 10. The van der Waals surface area contributed by atoms with Gasteiger partial charge in [-0.15, -0.1) is 0 Å². The van der Waals surface area contributed by atoms with Gasteiger partial charge in [-0.2, -0.15) is 15.0 Å². The summed E-state index contributed by atoms with van der Waals surface area (Å²) < 4.78 is 45.2. The van der Waals surface area contributed by atoms with Gasteiger partial charge in [0.05, 0.1) is 24.0 Å². The van der Waals surface area contributed by atoms with Crippen molar-refractivity contribution in [3.8, 4) is 5.19 Å². The number of carbonyl (C=O) groups is 1. The van der Waals surface area contributed by atoms with E-state index in [2.05, 4.69) is 20.1 Å². The van der Waals surface area contributed by atoms with Crippen LogP contribution in [0.5, 0.6) is 5.19 Å². The van der Waals surface area contributed by atoms with Gasteiger partial charge in [0.15, 0.2) is 6.61 Å². The number of thiazole rings is 1. The summed E-state index contributed by atoms with van der Waals surface area (Å²) in [5.41, 5.74) is 0.427. The molecule has 4 rings (SSSR count). The molecule has 2 aliphatic rings. The molecule has 0 bridgehead atoms. The Bertz CT molecular complexity index is 933. The molecule has 2 aromatic heterocycles. The van der Waals surface area contributed by atoms with Gasteiger partial charge in [0.25, 0.3) is 11.6 Å². The Kier molecular flexibility index (Phi) is 8.23. The number of aromatic nitrogens is 4. The van der Waals surface area contributed by atoms with E-state index in [1.807, 2.05) is 0 Å². The second-order valence-electron chi connectivity index (χ2n) is 9.48. The van der Waals surface area contributed by atoms with Crippen molar-refractivity contribution in [1.82, 2.24) is 24.9 Å². The maximum Gasteiger partial charge on any atom is 0.273 e. The predicted octanol–water partition coefficient (Wildman–Crippen LogP) is 3.81. The Morgan fingerprint density at radius 3 is 2.76 bits per heavy atom. The molecule has 3 heterocycles. The van der Waals surface area contributed by atoms with Crippen LogP contribution in [0.25, 0.3) is 0 Å². The molecule has 0 radical (unpaired) electrons. The van der Waals surface area contributed by atoms with Gasteiger partial charge in [0.1, 0.15) is 11.5 Å². The molecule has 0 aromatic carbocycles. The van der Waals surface area contributed by atoms with Crippen LogP contribution < -0.4 is 4.74 Å². The highest BCUT2D eigenvalue weighted by atomic mass is 32.1. The van der Waals surface area contributed by atoms with Gasteiger partial charge >= 0.3 is 0 Å². The van der Waals surface area contributed by atoms with E-state index in [0.29, 0.717) is 49.5 Å². The fourth-order valence-corrected chi connectivity index (χ4v) is 5.83. The third-order valence-electron chi connectivity index (χ3n) is 6.83. The van der Waals surface area contributed by atoms with Crippen LogP contribution in [0.2, 0.25) is 0 Å². The van der Waals surface area contributed by atoms with Crippen LogP contribution in [0, 0.1) is 5.92 Å². The molecule has 11 heteroatoms. The summed E-state index contributed by atoms with van der Waals surface area (Å²) in [6.45, 7) is 1.64. The van der Waals surface area contributed by atoms with Gasteiger partial charge in [-0.3, -0.25) is 4.79 Å². The Morgan fingerprint density at radius 2 is 2.06 bits per heavy atom. The molecule has 34 heavy (non-hydrogen) atoms. The first-order valence-electron chi connectivity index (χ1n) is 12.0. The van der Waals surface area contributed by atoms with Crippen molar-refractivity contribution in [3.63, 3.8) is 0 Å². The molecule has 188 valence electrons. The van der Waals surface area contributed by atoms with E-state index in [1.54, 1.807) is 13.2 Å². The normalized spacial score (nSPS) is 23.6. The summed E-state index contributed by atoms with van der Waals surface area (Å²) in [6.07, 6.45) is 4.37. The molecule has 0 saturated heterocycles. The molecule has 1 aliphatic heterocycles. The zero-order chi connectivity index (χ0) is 24.1. The minimum absolute atomic E-state index is 0.144. The van der Waals surface area contributed by atoms with Gasteiger partial charge in [0.2, 0.25) is 0 Å². The van der Waals surface area contributed by atoms with Crippen LogP contribution in [-0.4, -0.2) is 69.0 Å². The minimum atomic E-state index is -2.51. The van der Waals surface area contributed by atoms with Crippen molar-refractivity contribution < 1.29 is 22.7 Å². The lowest BCUT2D eigenvalue weighted by atomic mass is 9.76. The van der Waals surface area contributed by atoms with E-state index < -0.39 is 18.7 Å². The fraction of sp³-hybridized carbons (Fsp3) is 0.739. The number of ether oxygens (including phenoxy) is 1. The molecule has 2 aromatic rings. The first-order valence-corrected chi connectivity index (χ1v) is 12.8. The molecule has 0 spiro atoms. The van der Waals surface area contributed by atoms with Crippen LogP contribution in [-0.2, 0) is 31.1 Å². The molecule has 0 N–H and O–H groups in total. The van der Waals surface area contributed by atoms with Gasteiger partial charge in [-0.05, 0) is 44.4 Å². The number of hydrogen-bond donors (Lipinski definition) is 0. The average Bonchev–Trinajstić information content (AvgIpc) is 3.33. The molecule has 1 saturated carbocycles. The Hall–Kier alpha value is -2.01. The predicted molar refractivity (Wildman–Crippen MR) is 122 cm³/mol. The standard InChI is InChI=1S/C23H32F3N5O2S/c1-30-27-14-17(29-30)13-18(32)12-16-2-6-23(26,7-3-16)8-11-31-9-4-19-20(5-10-31)34-22(28-19)33-15-21(24)25/h14,16,21H,2-13,15H2,1H3. The number of carbonyl (C=O) groups excluding carboxylic acids is 1. The second kappa shape index (κ2) is 11.2. The first-order chi connectivity index (χ1) is 16.3. The van der Waals surface area contributed by atoms with Gasteiger partial charge < -0.3 is 9.64 Å². The maximum atomic E-state index is 15.5. The van der Waals surface area contributed by atoms with Gasteiger partial charge in [-0.1, -0.05) is 11.3 Å². The van der Waals surface area contributed by atoms with E-state index in [9.17, 15) is 13.6 Å². The van der Waals surface area contributed by atoms with E-state index in [0.717, 1.165) is 49.3 Å². The third-order valence-corrected chi connectivity index (χ3v) is 7.90. The van der Waals surface area contributed by atoms with Crippen LogP contribution in [0.3, 0.4) is 0 Å². The van der Waals surface area contributed by atoms with Crippen LogP contribution >= 0.6 is 11.3 Å². The van der Waals surface area contributed by atoms with E-state index >= 15 is 4.39 Å². The molecule has 0 atom stereocenters. The zero-order valence-corrected chi connectivity index (χ0v) is 20.3. The number of aryl methyl sites for hydroxylation is 1. The maximum absolute atomic E-state index is 15.5. The Balaban J connectivity index is 1.17. The SMILES string of the molecule is Cn1ncc(CC(=O)CC2CCC(F)(CCN3CCc4nc(OCC(F)F)sc4CC3)CC2)n1. The van der Waals surface area contributed by atoms with Crippen molar-refractivity contribution in [2.24, 2.45) is 13.0 Å². The van der Waals surface area contributed by atoms with Crippen LogP contribution in [0.4, 0.5) is 13.2 Å². The highest BCUT2D eigenvalue weighted by Crippen LogP contribution is 2.39. The molecular weight excluding hydrogens is 467 g/mol. The summed E-state index contributed by atoms with van der Waals surface area (Å²) in [5.74, 6) is 0.389. The largest absolute Gasteiger partial charge is 0.464 e. The van der Waals surface area contributed by atoms with E-state index in [-0.39, 0.29) is 11.7 Å². The Labute approximate surface area is 201 Å². The van der Waals surface area contributed by atoms with E-state index in [4.69, 9.17) is 4.74 Å². The molecular formula is C23H32F3N5O2S. The second-order valence-corrected chi connectivity index (χ2v) is 10.5. The summed E-state index contributed by atoms with van der Waals surface area (Å²) in [5, 5.41) is 8.46. The van der Waals surface area contributed by atoms with Crippen molar-refractivity contribution in [2.45, 2.75) is 69.9 Å². The highest BCUT2D eigenvalue weighted by Gasteiger charge is 2.36. The summed E-state index contributed by atoms with van der Waals surface area (Å²) in [7, 11) is 1.72. The fourth-order valence-electron chi connectivity index (χ4n) is 4.88. The van der Waals surface area contributed by atoms with Crippen molar-refractivity contribution >= 4 is 17.1 Å². The molecule has 0 amide bonds. The van der Waals surface area contributed by atoms with Crippen LogP contribution in [0.15, 0.2) is 6.20 Å². The number of nitrogens with zero attached hydrogens (tertiary/aromatic N) is 5. The molecule has 0 unspecified atom stereocenters. The summed E-state index contributed by atoms with van der Waals surface area (Å²) in [4.78, 5) is 21.5. The number of fused-ring (bicyclic) bond motifs is 1. The number of halogens is 3. The topological polar surface area (TPSA) is 73.1 Å². The lowest BCUT2D eigenvalue weighted by molar-refractivity contribution is -0.119. The highest BCUT2D eigenvalue weighted by molar-refractivity contribution is 7.13. The van der Waals surface area contributed by atoms with E-state index in [1.165, 1.54) is 16.1 Å². The number of alkyl halides is 3. The van der Waals surface area contributed by atoms with Crippen molar-refractivity contribution in [3.05, 3.63) is 22.5 Å². The molecule has 7 nitrogen and oxygen atoms in total. The first kappa shape index (κ1) is 25.1. The molecule has 1 fully saturated rings. The van der Waals surface area contributed by atoms with Crippen molar-refractivity contribution in [2.75, 3.05) is 26.2 Å². The summed E-state index contributed by atoms with van der Waals surface area (Å²) >= 11 is 1.34. The van der Waals surface area contributed by atoms with Gasteiger partial charge in [0, 0.05) is 44.4 Å². The number of Topliss-reactive ketones (excluding diaryl/α,β-unsaturated/α-hetero) is 1. The monoisotopic (exact) mass is 499 g/mol. The van der Waals surface area contributed by atoms with Crippen molar-refractivity contribution in [1.29, 1.82) is 0 Å². The Morgan fingerprint density at radius 1 is 1.29 bits per heavy atom. The average molecular weight is 500 g/mol. The summed E-state index contributed by atoms with van der Waals surface area (Å²) in [6, 6.07) is 0. The molecule has 1 aliphatic carbocycles. The minimum Gasteiger partial charge on any atom is -0.464 e. The number of hydrogen-bond acceptors (Lipinski definition) is 7. The zero-order valence-electron chi connectivity index (χ0n) is 19.5. The quantitative estimate of drug-likeness (QED) is 0.495. The van der Waals surface area contributed by atoms with Gasteiger partial charge in [-0.25, -0.2) is 18.2 Å². The smallest absolute Gasteiger partial charge is 0.273 e.